The second kappa shape index (κ2) is 60.8. The van der Waals surface area contributed by atoms with Crippen LogP contribution in [-0.4, -0.2) is 210 Å². The fourth-order valence-electron chi connectivity index (χ4n) is 10.2. The lowest BCUT2D eigenvalue weighted by molar-refractivity contribution is -0.385. The van der Waals surface area contributed by atoms with Gasteiger partial charge >= 0.3 is 72.2 Å². The molecule has 37 nitrogen and oxygen atoms in total. The molecule has 0 heterocycles. The van der Waals surface area contributed by atoms with Gasteiger partial charge in [-0.05, 0) is 139 Å². The highest BCUT2D eigenvalue weighted by atomic mass is 32.2. The summed E-state index contributed by atoms with van der Waals surface area (Å²) in [5.74, 6) is -28.6. The van der Waals surface area contributed by atoms with Crippen LogP contribution in [0.2, 0.25) is 0 Å². The van der Waals surface area contributed by atoms with Crippen molar-refractivity contribution in [2.45, 2.75) is 142 Å². The standard InChI is InChI=1S/C11H12F3NO3.C10H11F2NO3.C10H11F2NO2S.C10H13NO3.2C9H7F4NO2.C9H9F2NO2.C9H10N2O5.C9H11NO4.H2O/c12-11(13,14)6-18-8-3-1-7(2-4-8)5-9(15)10(16)17;2*11-10(12)16-7-3-1-6(2-4-7)5-8(13)9(14)15;1-10(11,9(13)14)6-7-3-2-4-8(12)5-7;10-4-2-5(11)8(13)3(7(4)12)1-6(14)9(15)16;10-4-2-5(11)8(13)7(12)3(4)1-6(14)9(15)16;10-6-2-1-3-7(11)5(6)4-8(12)9(13)14;10-6(9(13)14)3-5-1-2-8(12)7(4-5)11(15)16;10-7(9(13)14)3-5-1-2-6(11)4-8(5)12;/h1-4,9H,5-6,15H2,(H,16,17);2*1-4,8,10H,5,13H2,(H,14,15);2-5,12H,6,11H2,1H3,(H,13,14);2*2,6H,1,14H2,(H,15,16);1-3,8H,4,12H2,(H,13,14);1-2,4,6,12H,3,10H2,(H,13,14);1-2,4,7,11-12H,3,10H2,(H,13,14);1H2. The molecule has 0 aromatic heterocycles. The van der Waals surface area contributed by atoms with Crippen molar-refractivity contribution in [2.75, 3.05) is 6.61 Å². The molecule has 0 amide bonds. The normalized spacial score (nSPS) is 12.7. The zero-order valence-electron chi connectivity index (χ0n) is 72.5. The molecule has 0 bridgehead atoms. The molecule has 0 spiro atoms. The van der Waals surface area contributed by atoms with Gasteiger partial charge in [-0.2, -0.15) is 30.7 Å². The van der Waals surface area contributed by atoms with Crippen LogP contribution in [0.3, 0.4) is 0 Å². The number of carbonyl (C=O) groups is 9. The van der Waals surface area contributed by atoms with Crippen molar-refractivity contribution >= 4 is 71.2 Å². The smallest absolute Gasteiger partial charge is 0.422 e. The van der Waals surface area contributed by atoms with Crippen LogP contribution in [0.25, 0.3) is 0 Å². The number of thioether (sulfide) groups is 1. The van der Waals surface area contributed by atoms with Crippen molar-refractivity contribution in [3.05, 3.63) is 282 Å². The van der Waals surface area contributed by atoms with E-state index in [2.05, 4.69) is 9.47 Å². The van der Waals surface area contributed by atoms with Crippen LogP contribution in [0.4, 0.5) is 80.3 Å². The first kappa shape index (κ1) is 126. The van der Waals surface area contributed by atoms with E-state index in [9.17, 15) is 133 Å². The number of phenolic OH excluding ortho intramolecular Hbond substituents is 4. The van der Waals surface area contributed by atoms with E-state index in [1.54, 1.807) is 24.3 Å². The molecule has 9 rings (SSSR count). The van der Waals surface area contributed by atoms with Gasteiger partial charge in [0.15, 0.2) is 53.1 Å². The molecular weight excluding hydrogens is 1960 g/mol. The second-order valence-corrected chi connectivity index (χ2v) is 29.9. The maximum absolute atomic E-state index is 13.0. The van der Waals surface area contributed by atoms with Crippen LogP contribution in [0.15, 0.2) is 169 Å². The Labute approximate surface area is 789 Å². The summed E-state index contributed by atoms with van der Waals surface area (Å²) in [6, 6.07) is 25.4. The topological polar surface area (TPSA) is 744 Å². The molecule has 141 heavy (non-hydrogen) atoms. The van der Waals surface area contributed by atoms with E-state index in [1.165, 1.54) is 104 Å². The van der Waals surface area contributed by atoms with Crippen LogP contribution in [0, 0.1) is 68.3 Å². The number of carboxylic acid groups (broad SMARTS) is 9. The molecule has 55 heteroatoms. The van der Waals surface area contributed by atoms with Gasteiger partial charge in [0.2, 0.25) is 0 Å². The Kier molecular flexibility index (Phi) is 54.4. The summed E-state index contributed by atoms with van der Waals surface area (Å²) in [6.07, 6.45) is -5.70. The molecule has 33 N–H and O–H groups in total. The number of nitrogens with zero attached hydrogens (tertiary/aromatic N) is 1. The second-order valence-electron chi connectivity index (χ2n) is 28.8. The first-order valence-corrected chi connectivity index (χ1v) is 39.7. The Morgan fingerprint density at radius 1 is 0.383 bits per heavy atom. The van der Waals surface area contributed by atoms with E-state index in [-0.39, 0.29) is 96.9 Å². The first-order valence-electron chi connectivity index (χ1n) is 38.9. The number of ether oxygens (including phenoxy) is 2. The van der Waals surface area contributed by atoms with Crippen molar-refractivity contribution in [2.24, 2.45) is 51.6 Å². The van der Waals surface area contributed by atoms with Crippen LogP contribution in [0.5, 0.6) is 34.5 Å². The minimum Gasteiger partial charge on any atom is -0.508 e. The van der Waals surface area contributed by atoms with E-state index >= 15 is 0 Å². The predicted molar refractivity (Wildman–Crippen MR) is 463 cm³/mol. The lowest BCUT2D eigenvalue weighted by atomic mass is 9.94. The average molecular weight is 2050 g/mol. The molecule has 0 saturated heterocycles. The summed E-state index contributed by atoms with van der Waals surface area (Å²) in [4.78, 5) is 104. The maximum atomic E-state index is 13.0. The fourth-order valence-corrected chi connectivity index (χ4v) is 10.7. The van der Waals surface area contributed by atoms with Gasteiger partial charge in [0.25, 0.3) is 5.76 Å². The van der Waals surface area contributed by atoms with Crippen LogP contribution in [0.1, 0.15) is 57.0 Å². The number of rotatable bonds is 34. The highest BCUT2D eigenvalue weighted by Crippen LogP contribution is 2.30. The number of nitro groups is 1. The van der Waals surface area contributed by atoms with E-state index in [1.807, 2.05) is 0 Å². The van der Waals surface area contributed by atoms with Gasteiger partial charge in [0.05, 0.1) is 4.92 Å². The fraction of sp³-hybridized carbons (Fsp3) is 0.267. The average Bonchev–Trinajstić information content (AvgIpc) is 0.819. The maximum Gasteiger partial charge on any atom is 0.422 e. The highest BCUT2D eigenvalue weighted by Gasteiger charge is 2.31. The summed E-state index contributed by atoms with van der Waals surface area (Å²) in [6.45, 7) is -2.78. The summed E-state index contributed by atoms with van der Waals surface area (Å²) < 4.78 is 221. The van der Waals surface area contributed by atoms with Crippen LogP contribution in [-0.2, 0) is 101 Å². The number of hydrogen-bond acceptors (Lipinski definition) is 27. The molecule has 774 valence electrons. The zero-order chi connectivity index (χ0) is 107. The lowest BCUT2D eigenvalue weighted by Gasteiger charge is -2.18. The minimum atomic E-state index is -4.38. The third-order valence-electron chi connectivity index (χ3n) is 17.4. The van der Waals surface area contributed by atoms with Crippen LogP contribution < -0.4 is 61.1 Å². The highest BCUT2D eigenvalue weighted by molar-refractivity contribution is 7.99. The Bertz CT molecular complexity index is 5510. The van der Waals surface area contributed by atoms with Gasteiger partial charge in [-0.1, -0.05) is 78.5 Å². The number of hydrogen-bond donors (Lipinski definition) is 22. The quantitative estimate of drug-likeness (QED) is 0.00450. The number of nitro benzene ring substituents is 1. The first-order chi connectivity index (χ1) is 64.8. The van der Waals surface area contributed by atoms with Gasteiger partial charge < -0.3 is 133 Å². The lowest BCUT2D eigenvalue weighted by Crippen LogP contribution is -2.46. The third kappa shape index (κ3) is 48.4. The Morgan fingerprint density at radius 3 is 1.12 bits per heavy atom. The van der Waals surface area contributed by atoms with E-state index in [0.29, 0.717) is 50.0 Å². The van der Waals surface area contributed by atoms with Gasteiger partial charge in [-0.3, -0.25) is 53.3 Å². The zero-order valence-corrected chi connectivity index (χ0v) is 73.3. The number of phenols is 4. The molecule has 0 aliphatic heterocycles. The van der Waals surface area contributed by atoms with E-state index in [0.717, 1.165) is 30.3 Å². The molecule has 9 aromatic rings. The number of halogens is 17. The Balaban J connectivity index is 0.00000156. The van der Waals surface area contributed by atoms with Gasteiger partial charge in [-0.15, -0.1) is 0 Å². The Morgan fingerprint density at radius 2 is 0.738 bits per heavy atom. The number of benzene rings is 9. The number of nitrogens with two attached hydrogens (primary N) is 9. The summed E-state index contributed by atoms with van der Waals surface area (Å²) in [7, 11) is 0. The van der Waals surface area contributed by atoms with Gasteiger partial charge in [-0.25, -0.2) is 43.9 Å². The van der Waals surface area contributed by atoms with E-state index < -0.39 is 231 Å². The van der Waals surface area contributed by atoms with Crippen molar-refractivity contribution in [1.82, 2.24) is 0 Å². The molecule has 9 aromatic carbocycles. The molecule has 0 fully saturated rings. The minimum absolute atomic E-state index is 0. The number of alkyl halides is 7. The van der Waals surface area contributed by atoms with Crippen molar-refractivity contribution in [3.63, 3.8) is 0 Å². The largest absolute Gasteiger partial charge is 0.508 e. The van der Waals surface area contributed by atoms with Gasteiger partial charge in [0, 0.05) is 78.0 Å². The van der Waals surface area contributed by atoms with Crippen molar-refractivity contribution in [1.29, 1.82) is 0 Å². The van der Waals surface area contributed by atoms with E-state index in [4.69, 9.17) is 113 Å². The molecule has 9 unspecified atom stereocenters. The number of carboxylic acids is 9. The third-order valence-corrected chi connectivity index (χ3v) is 18.2. The van der Waals surface area contributed by atoms with Crippen molar-refractivity contribution < 1.29 is 204 Å². The number of aromatic hydroxyl groups is 4. The number of aliphatic carboxylic acids is 9. The van der Waals surface area contributed by atoms with Gasteiger partial charge in [0.1, 0.15) is 100 Å². The summed E-state index contributed by atoms with van der Waals surface area (Å²) in [5, 5.41) is 124. The summed E-state index contributed by atoms with van der Waals surface area (Å²) in [5.41, 5.74) is 46.8. The monoisotopic (exact) mass is 2050 g/mol. The molecule has 0 saturated carbocycles. The van der Waals surface area contributed by atoms with Crippen molar-refractivity contribution in [3.8, 4) is 34.5 Å². The predicted octanol–water partition coefficient (Wildman–Crippen LogP) is 8.31. The molecule has 0 aliphatic rings. The molecular formula is C86H93F17N10O27S. The molecule has 9 atom stereocenters. The molecule has 0 radical (unpaired) electrons. The Hall–Kier alpha value is -14.8. The summed E-state index contributed by atoms with van der Waals surface area (Å²) >= 11 is 0.451. The molecule has 0 aliphatic carbocycles. The SMILES string of the molecule is CC(N)(Cc1cccc(O)c1)C(=O)O.NC(Cc1c(F)c(F)cc(F)c1F)C(=O)O.NC(Cc1c(F)cc(F)c(F)c1F)C(=O)O.NC(Cc1c(F)cccc1F)C(=O)O.NC(Cc1ccc(O)c([N+](=O)[O-])c1)C(=O)O.NC(Cc1ccc(O)cc1O)C(=O)O.NC(Cc1ccc(OC(F)F)cc1)C(=O)O.NC(Cc1ccc(OCC(F)(F)F)cc1)C(=O)O.NC(Cc1ccc(SC(F)F)cc1)C(=O)O.O. The van der Waals surface area contributed by atoms with Crippen LogP contribution >= 0.6 is 11.8 Å².